The summed E-state index contributed by atoms with van der Waals surface area (Å²) in [7, 11) is 1.64. The number of rotatable bonds is 5. The monoisotopic (exact) mass is 376 g/mol. The Labute approximate surface area is 159 Å². The van der Waals surface area contributed by atoms with Crippen LogP contribution in [0.2, 0.25) is 0 Å². The Hall–Kier alpha value is -3.45. The van der Waals surface area contributed by atoms with Crippen molar-refractivity contribution in [1.29, 1.82) is 0 Å². The highest BCUT2D eigenvalue weighted by atomic mass is 32.1. The average molecular weight is 376 g/mol. The number of nitrogens with zero attached hydrogens (tertiary/aromatic N) is 2. The van der Waals surface area contributed by atoms with Crippen molar-refractivity contribution in [3.05, 3.63) is 71.3 Å². The number of anilines is 1. The van der Waals surface area contributed by atoms with Gasteiger partial charge in [0.2, 0.25) is 0 Å². The predicted octanol–water partition coefficient (Wildman–Crippen LogP) is 4.46. The van der Waals surface area contributed by atoms with Crippen LogP contribution in [-0.4, -0.2) is 28.0 Å². The van der Waals surface area contributed by atoms with E-state index in [0.717, 1.165) is 28.4 Å². The van der Waals surface area contributed by atoms with E-state index in [9.17, 15) is 4.79 Å². The van der Waals surface area contributed by atoms with Crippen LogP contribution < -0.4 is 10.1 Å². The molecule has 2 aromatic heterocycles. The van der Waals surface area contributed by atoms with Crippen LogP contribution >= 0.6 is 11.3 Å². The van der Waals surface area contributed by atoms with Gasteiger partial charge in [-0.3, -0.25) is 4.79 Å². The molecule has 7 heteroatoms. The number of amides is 1. The molecule has 2 aromatic carbocycles. The van der Waals surface area contributed by atoms with Crippen LogP contribution in [0.3, 0.4) is 0 Å². The maximum atomic E-state index is 12.0. The van der Waals surface area contributed by atoms with E-state index in [4.69, 9.17) is 4.74 Å². The van der Waals surface area contributed by atoms with Gasteiger partial charge in [0, 0.05) is 16.6 Å². The summed E-state index contributed by atoms with van der Waals surface area (Å²) in [5.41, 5.74) is 5.59. The fourth-order valence-corrected chi connectivity index (χ4v) is 3.17. The number of ether oxygens (including phenoxy) is 1. The van der Waals surface area contributed by atoms with E-state index < -0.39 is 0 Å². The average Bonchev–Trinajstić information content (AvgIpc) is 3.41. The first kappa shape index (κ1) is 17.0. The molecule has 6 nitrogen and oxygen atoms in total. The molecule has 0 saturated carbocycles. The summed E-state index contributed by atoms with van der Waals surface area (Å²) >= 11 is 1.39. The molecule has 0 aliphatic heterocycles. The van der Waals surface area contributed by atoms with E-state index in [1.807, 2.05) is 48.5 Å². The fraction of sp³-hybridized carbons (Fsp3) is 0.0500. The third-order valence-corrected chi connectivity index (χ3v) is 4.62. The number of aromatic amines is 1. The van der Waals surface area contributed by atoms with Crippen molar-refractivity contribution in [3.63, 3.8) is 0 Å². The molecular weight excluding hydrogens is 360 g/mol. The first-order valence-electron chi connectivity index (χ1n) is 8.22. The first-order chi connectivity index (χ1) is 13.2. The van der Waals surface area contributed by atoms with E-state index >= 15 is 0 Å². The molecule has 4 aromatic rings. The number of hydrogen-bond donors (Lipinski definition) is 2. The van der Waals surface area contributed by atoms with Crippen LogP contribution in [-0.2, 0) is 0 Å². The van der Waals surface area contributed by atoms with Crippen LogP contribution in [0.15, 0.2) is 65.6 Å². The van der Waals surface area contributed by atoms with E-state index in [1.165, 1.54) is 11.3 Å². The van der Waals surface area contributed by atoms with Gasteiger partial charge in [0.15, 0.2) is 0 Å². The van der Waals surface area contributed by atoms with Crippen molar-refractivity contribution in [2.45, 2.75) is 0 Å². The molecule has 0 fully saturated rings. The minimum absolute atomic E-state index is 0.217. The van der Waals surface area contributed by atoms with Gasteiger partial charge in [0.05, 0.1) is 24.5 Å². The zero-order valence-electron chi connectivity index (χ0n) is 14.5. The minimum atomic E-state index is -0.217. The molecule has 2 heterocycles. The standard InChI is InChI=1S/C20H16N4O2S/c1-26-16-4-2-3-14(9-16)19-21-10-17(24-19)13-5-7-15(8-6-13)23-20(25)18-11-27-12-22-18/h2-12H,1H3,(H,21,24)(H,23,25). The topological polar surface area (TPSA) is 79.9 Å². The minimum Gasteiger partial charge on any atom is -0.497 e. The summed E-state index contributed by atoms with van der Waals surface area (Å²) in [6.07, 6.45) is 1.79. The number of benzene rings is 2. The van der Waals surface area contributed by atoms with Crippen molar-refractivity contribution >= 4 is 22.9 Å². The maximum Gasteiger partial charge on any atom is 0.275 e. The number of carbonyl (C=O) groups excluding carboxylic acids is 1. The van der Waals surface area contributed by atoms with Gasteiger partial charge in [0.25, 0.3) is 5.91 Å². The molecule has 27 heavy (non-hydrogen) atoms. The van der Waals surface area contributed by atoms with Crippen LogP contribution in [0.5, 0.6) is 5.75 Å². The molecule has 0 spiro atoms. The SMILES string of the molecule is COc1cccc(-c2ncc(-c3ccc(NC(=O)c4cscn4)cc3)[nH]2)c1. The molecule has 0 atom stereocenters. The number of nitrogens with one attached hydrogen (secondary N) is 2. The predicted molar refractivity (Wildman–Crippen MR) is 106 cm³/mol. The summed E-state index contributed by atoms with van der Waals surface area (Å²) in [4.78, 5) is 23.8. The Morgan fingerprint density at radius 2 is 1.96 bits per heavy atom. The van der Waals surface area contributed by atoms with Crippen LogP contribution in [0.1, 0.15) is 10.5 Å². The van der Waals surface area contributed by atoms with Crippen molar-refractivity contribution < 1.29 is 9.53 Å². The van der Waals surface area contributed by atoms with E-state index in [1.54, 1.807) is 24.2 Å². The number of thiazole rings is 1. The number of aromatic nitrogens is 3. The third-order valence-electron chi connectivity index (χ3n) is 4.04. The van der Waals surface area contributed by atoms with Crippen molar-refractivity contribution in [2.75, 3.05) is 12.4 Å². The summed E-state index contributed by atoms with van der Waals surface area (Å²) in [5.74, 6) is 1.33. The van der Waals surface area contributed by atoms with Gasteiger partial charge < -0.3 is 15.0 Å². The molecule has 0 unspecified atom stereocenters. The van der Waals surface area contributed by atoms with Crippen molar-refractivity contribution in [1.82, 2.24) is 15.0 Å². The van der Waals surface area contributed by atoms with Gasteiger partial charge in [0.1, 0.15) is 17.3 Å². The summed E-state index contributed by atoms with van der Waals surface area (Å²) in [5, 5.41) is 4.55. The van der Waals surface area contributed by atoms with Gasteiger partial charge in [-0.25, -0.2) is 9.97 Å². The number of imidazole rings is 1. The summed E-state index contributed by atoms with van der Waals surface area (Å²) in [6.45, 7) is 0. The smallest absolute Gasteiger partial charge is 0.275 e. The maximum absolute atomic E-state index is 12.0. The van der Waals surface area contributed by atoms with Crippen molar-refractivity contribution in [3.8, 4) is 28.4 Å². The fourth-order valence-electron chi connectivity index (χ4n) is 2.64. The first-order valence-corrected chi connectivity index (χ1v) is 9.16. The van der Waals surface area contributed by atoms with Crippen LogP contribution in [0, 0.1) is 0 Å². The van der Waals surface area contributed by atoms with Gasteiger partial charge in [-0.15, -0.1) is 11.3 Å². The Balaban J connectivity index is 1.51. The summed E-state index contributed by atoms with van der Waals surface area (Å²) < 4.78 is 5.26. The molecule has 0 aliphatic carbocycles. The number of methoxy groups -OCH3 is 1. The Morgan fingerprint density at radius 3 is 2.70 bits per heavy atom. The molecular formula is C20H16N4O2S. The lowest BCUT2D eigenvalue weighted by molar-refractivity contribution is 0.102. The van der Waals surface area contributed by atoms with E-state index in [2.05, 4.69) is 20.3 Å². The van der Waals surface area contributed by atoms with Crippen molar-refractivity contribution in [2.24, 2.45) is 0 Å². The largest absolute Gasteiger partial charge is 0.497 e. The number of hydrogen-bond acceptors (Lipinski definition) is 5. The number of carbonyl (C=O) groups is 1. The number of H-pyrrole nitrogens is 1. The van der Waals surface area contributed by atoms with E-state index in [-0.39, 0.29) is 5.91 Å². The lowest BCUT2D eigenvalue weighted by Gasteiger charge is -2.04. The third kappa shape index (κ3) is 3.73. The molecule has 0 radical (unpaired) electrons. The molecule has 1 amide bonds. The second kappa shape index (κ2) is 7.43. The molecule has 2 N–H and O–H groups in total. The highest BCUT2D eigenvalue weighted by molar-refractivity contribution is 7.07. The highest BCUT2D eigenvalue weighted by Crippen LogP contribution is 2.25. The Bertz CT molecular complexity index is 1060. The Kier molecular flexibility index (Phi) is 4.67. The zero-order valence-corrected chi connectivity index (χ0v) is 15.3. The second-order valence-corrected chi connectivity index (χ2v) is 6.50. The zero-order chi connectivity index (χ0) is 18.6. The van der Waals surface area contributed by atoms with Gasteiger partial charge in [-0.05, 0) is 29.8 Å². The van der Waals surface area contributed by atoms with Crippen LogP contribution in [0.25, 0.3) is 22.6 Å². The highest BCUT2D eigenvalue weighted by Gasteiger charge is 2.09. The van der Waals surface area contributed by atoms with Gasteiger partial charge in [-0.2, -0.15) is 0 Å². The lowest BCUT2D eigenvalue weighted by atomic mass is 10.1. The Morgan fingerprint density at radius 1 is 1.11 bits per heavy atom. The molecule has 0 bridgehead atoms. The van der Waals surface area contributed by atoms with E-state index in [0.29, 0.717) is 11.4 Å². The van der Waals surface area contributed by atoms with Gasteiger partial charge in [-0.1, -0.05) is 24.3 Å². The van der Waals surface area contributed by atoms with Gasteiger partial charge >= 0.3 is 0 Å². The second-order valence-electron chi connectivity index (χ2n) is 5.78. The lowest BCUT2D eigenvalue weighted by Crippen LogP contribution is -2.11. The van der Waals surface area contributed by atoms with Crippen LogP contribution in [0.4, 0.5) is 5.69 Å². The normalized spacial score (nSPS) is 10.6. The molecule has 134 valence electrons. The molecule has 0 saturated heterocycles. The molecule has 0 aliphatic rings. The summed E-state index contributed by atoms with van der Waals surface area (Å²) in [6, 6.07) is 15.3. The quantitative estimate of drug-likeness (QED) is 0.539. The molecule has 4 rings (SSSR count).